The molecule has 78 valence electrons. The summed E-state index contributed by atoms with van der Waals surface area (Å²) in [5.41, 5.74) is 2.09. The lowest BCUT2D eigenvalue weighted by Gasteiger charge is -2.00. The number of hydrogen-bond donors (Lipinski definition) is 0. The summed E-state index contributed by atoms with van der Waals surface area (Å²) < 4.78 is 1.80. The van der Waals surface area contributed by atoms with Crippen LogP contribution in [-0.4, -0.2) is 15.7 Å². The molecule has 0 N–H and O–H groups in total. The third kappa shape index (κ3) is 2.52. The zero-order chi connectivity index (χ0) is 10.7. The molecule has 0 bridgehead atoms. The second kappa shape index (κ2) is 4.69. The van der Waals surface area contributed by atoms with Crippen LogP contribution < -0.4 is 0 Å². The van der Waals surface area contributed by atoms with Crippen molar-refractivity contribution in [3.05, 3.63) is 47.2 Å². The maximum atomic E-state index is 5.90. The maximum Gasteiger partial charge on any atom is 0.0660 e. The Hall–Kier alpha value is -0.990. The van der Waals surface area contributed by atoms with Gasteiger partial charge in [0.25, 0.3) is 0 Å². The Balaban J connectivity index is 2.29. The molecular formula is C11H10Cl2N2. The van der Waals surface area contributed by atoms with E-state index >= 15 is 0 Å². The number of aryl methyl sites for hydroxylation is 1. The van der Waals surface area contributed by atoms with E-state index in [0.717, 1.165) is 17.7 Å². The predicted molar refractivity (Wildman–Crippen MR) is 63.0 cm³/mol. The van der Waals surface area contributed by atoms with Crippen molar-refractivity contribution < 1.29 is 0 Å². The topological polar surface area (TPSA) is 17.8 Å². The number of nitrogens with zero attached hydrogens (tertiary/aromatic N) is 2. The number of benzene rings is 1. The minimum Gasteiger partial charge on any atom is -0.241 e. The van der Waals surface area contributed by atoms with E-state index in [1.165, 1.54) is 0 Å². The van der Waals surface area contributed by atoms with E-state index < -0.39 is 0 Å². The molecule has 0 saturated carbocycles. The third-order valence-electron chi connectivity index (χ3n) is 2.09. The summed E-state index contributed by atoms with van der Waals surface area (Å²) in [4.78, 5) is 0. The predicted octanol–water partition coefficient (Wildman–Crippen LogP) is 3.31. The van der Waals surface area contributed by atoms with E-state index in [1.807, 2.05) is 36.7 Å². The molecule has 0 atom stereocenters. The molecule has 0 spiro atoms. The van der Waals surface area contributed by atoms with Crippen LogP contribution in [0.25, 0.3) is 5.69 Å². The molecule has 0 amide bonds. The van der Waals surface area contributed by atoms with Gasteiger partial charge >= 0.3 is 0 Å². The molecule has 2 aromatic rings. The molecule has 0 aliphatic carbocycles. The van der Waals surface area contributed by atoms with E-state index in [0.29, 0.717) is 10.9 Å². The highest BCUT2D eigenvalue weighted by molar-refractivity contribution is 6.30. The molecule has 2 rings (SSSR count). The highest BCUT2D eigenvalue weighted by Gasteiger charge is 2.00. The lowest BCUT2D eigenvalue weighted by Crippen LogP contribution is -1.93. The molecule has 0 unspecified atom stereocenters. The van der Waals surface area contributed by atoms with Crippen molar-refractivity contribution in [1.29, 1.82) is 0 Å². The van der Waals surface area contributed by atoms with Gasteiger partial charge in [0.2, 0.25) is 0 Å². The summed E-state index contributed by atoms with van der Waals surface area (Å²) in [5.74, 6) is 0.612. The zero-order valence-electron chi connectivity index (χ0n) is 8.03. The summed E-state index contributed by atoms with van der Waals surface area (Å²) in [6, 6.07) is 7.58. The summed E-state index contributed by atoms with van der Waals surface area (Å²) in [5, 5.41) is 4.96. The highest BCUT2D eigenvalue weighted by Crippen LogP contribution is 2.14. The van der Waals surface area contributed by atoms with Crippen LogP contribution in [0.4, 0.5) is 0 Å². The van der Waals surface area contributed by atoms with E-state index in [-0.39, 0.29) is 0 Å². The van der Waals surface area contributed by atoms with Gasteiger partial charge in [-0.15, -0.1) is 11.6 Å². The molecule has 1 heterocycles. The molecule has 0 saturated heterocycles. The van der Waals surface area contributed by atoms with Crippen molar-refractivity contribution in [3.63, 3.8) is 0 Å². The number of alkyl halides is 1. The molecule has 2 nitrogen and oxygen atoms in total. The smallest absolute Gasteiger partial charge is 0.0660 e. The van der Waals surface area contributed by atoms with Crippen LogP contribution in [0.2, 0.25) is 5.02 Å². The Labute approximate surface area is 98.4 Å². The van der Waals surface area contributed by atoms with Gasteiger partial charge in [0.15, 0.2) is 0 Å². The normalized spacial score (nSPS) is 10.5. The van der Waals surface area contributed by atoms with E-state index in [9.17, 15) is 0 Å². The second-order valence-corrected chi connectivity index (χ2v) is 4.03. The first-order chi connectivity index (χ1) is 7.29. The minimum atomic E-state index is 0.612. The van der Waals surface area contributed by atoms with Crippen molar-refractivity contribution in [2.24, 2.45) is 0 Å². The summed E-state index contributed by atoms with van der Waals surface area (Å²) >= 11 is 11.6. The van der Waals surface area contributed by atoms with Crippen LogP contribution in [0.15, 0.2) is 36.7 Å². The molecule has 0 radical (unpaired) electrons. The molecule has 1 aromatic carbocycles. The Morgan fingerprint density at radius 1 is 1.33 bits per heavy atom. The lowest BCUT2D eigenvalue weighted by molar-refractivity contribution is 0.880. The third-order valence-corrected chi connectivity index (χ3v) is 2.52. The molecule has 1 aromatic heterocycles. The van der Waals surface area contributed by atoms with Gasteiger partial charge in [-0.2, -0.15) is 5.10 Å². The van der Waals surface area contributed by atoms with Gasteiger partial charge in [-0.1, -0.05) is 17.7 Å². The SMILES string of the molecule is ClCCc1cnn(-c2cccc(Cl)c2)c1. The number of halogens is 2. The quantitative estimate of drug-likeness (QED) is 0.754. The molecule has 0 aliphatic rings. The Morgan fingerprint density at radius 3 is 2.93 bits per heavy atom. The largest absolute Gasteiger partial charge is 0.241 e. The number of hydrogen-bond acceptors (Lipinski definition) is 1. The van der Waals surface area contributed by atoms with Crippen LogP contribution in [0.3, 0.4) is 0 Å². The first-order valence-electron chi connectivity index (χ1n) is 4.65. The van der Waals surface area contributed by atoms with Crippen LogP contribution in [0, 0.1) is 0 Å². The van der Waals surface area contributed by atoms with E-state index in [2.05, 4.69) is 5.10 Å². The van der Waals surface area contributed by atoms with Crippen LogP contribution in [-0.2, 0) is 6.42 Å². The molecule has 0 aliphatic heterocycles. The fourth-order valence-corrected chi connectivity index (χ4v) is 1.76. The Kier molecular flexibility index (Phi) is 3.29. The Bertz CT molecular complexity index is 451. The van der Waals surface area contributed by atoms with Crippen LogP contribution in [0.5, 0.6) is 0 Å². The number of rotatable bonds is 3. The zero-order valence-corrected chi connectivity index (χ0v) is 9.54. The Morgan fingerprint density at radius 2 is 2.20 bits per heavy atom. The summed E-state index contributed by atoms with van der Waals surface area (Å²) in [6.45, 7) is 0. The van der Waals surface area contributed by atoms with Gasteiger partial charge in [0, 0.05) is 17.1 Å². The van der Waals surface area contributed by atoms with Gasteiger partial charge in [-0.25, -0.2) is 4.68 Å². The van der Waals surface area contributed by atoms with E-state index in [4.69, 9.17) is 23.2 Å². The van der Waals surface area contributed by atoms with Crippen LogP contribution >= 0.6 is 23.2 Å². The molecule has 15 heavy (non-hydrogen) atoms. The van der Waals surface area contributed by atoms with Crippen molar-refractivity contribution in [2.45, 2.75) is 6.42 Å². The lowest BCUT2D eigenvalue weighted by atomic mass is 10.3. The summed E-state index contributed by atoms with van der Waals surface area (Å²) in [6.07, 6.45) is 4.62. The van der Waals surface area contributed by atoms with Crippen molar-refractivity contribution in [2.75, 3.05) is 5.88 Å². The van der Waals surface area contributed by atoms with Gasteiger partial charge in [0.1, 0.15) is 0 Å². The monoisotopic (exact) mass is 240 g/mol. The average Bonchev–Trinajstić information content (AvgIpc) is 2.67. The first kappa shape index (κ1) is 10.5. The van der Waals surface area contributed by atoms with Gasteiger partial charge < -0.3 is 0 Å². The summed E-state index contributed by atoms with van der Waals surface area (Å²) in [7, 11) is 0. The average molecular weight is 241 g/mol. The molecule has 0 fully saturated rings. The van der Waals surface area contributed by atoms with Crippen molar-refractivity contribution in [3.8, 4) is 5.69 Å². The van der Waals surface area contributed by atoms with Crippen molar-refractivity contribution >= 4 is 23.2 Å². The first-order valence-corrected chi connectivity index (χ1v) is 5.56. The maximum absolute atomic E-state index is 5.90. The second-order valence-electron chi connectivity index (χ2n) is 3.21. The van der Waals surface area contributed by atoms with Gasteiger partial charge in [-0.05, 0) is 30.2 Å². The molecular weight excluding hydrogens is 231 g/mol. The van der Waals surface area contributed by atoms with Crippen molar-refractivity contribution in [1.82, 2.24) is 9.78 Å². The fraction of sp³-hybridized carbons (Fsp3) is 0.182. The van der Waals surface area contributed by atoms with E-state index in [1.54, 1.807) is 4.68 Å². The van der Waals surface area contributed by atoms with Gasteiger partial charge in [0.05, 0.1) is 11.9 Å². The number of aromatic nitrogens is 2. The highest BCUT2D eigenvalue weighted by atomic mass is 35.5. The van der Waals surface area contributed by atoms with Crippen LogP contribution in [0.1, 0.15) is 5.56 Å². The molecule has 4 heteroatoms. The standard InChI is InChI=1S/C11H10Cl2N2/c12-5-4-9-7-14-15(8-9)11-3-1-2-10(13)6-11/h1-3,6-8H,4-5H2. The minimum absolute atomic E-state index is 0.612. The van der Waals surface area contributed by atoms with Gasteiger partial charge in [-0.3, -0.25) is 0 Å². The fourth-order valence-electron chi connectivity index (χ4n) is 1.36.